The molecule has 4 rings (SSSR count). The average Bonchev–Trinajstić information content (AvgIpc) is 2.91. The van der Waals surface area contributed by atoms with E-state index < -0.39 is 11.9 Å². The normalized spacial score (nSPS) is 14.8. The number of anilines is 2. The lowest BCUT2D eigenvalue weighted by atomic mass is 10.1. The Hall–Kier alpha value is -3.54. The van der Waals surface area contributed by atoms with E-state index in [0.29, 0.717) is 54.9 Å². The molecule has 0 radical (unpaired) electrons. The highest BCUT2D eigenvalue weighted by molar-refractivity contribution is 6.31. The molecule has 12 heteroatoms. The number of likely N-dealkylation sites (tertiary alicyclic amines) is 1. The average molecular weight is 573 g/mol. The van der Waals surface area contributed by atoms with Gasteiger partial charge in [0.05, 0.1) is 22.8 Å². The maximum absolute atomic E-state index is 14.6. The van der Waals surface area contributed by atoms with Gasteiger partial charge in [0.1, 0.15) is 30.1 Å². The van der Waals surface area contributed by atoms with Gasteiger partial charge in [-0.2, -0.15) is 0 Å². The van der Waals surface area contributed by atoms with Crippen molar-refractivity contribution >= 4 is 45.8 Å². The summed E-state index contributed by atoms with van der Waals surface area (Å²) in [4.78, 5) is 38.3. The minimum atomic E-state index is -1.03. The van der Waals surface area contributed by atoms with Crippen LogP contribution in [0.25, 0.3) is 10.9 Å². The molecular weight excluding hydrogens is 539 g/mol. The molecule has 2 heterocycles. The minimum Gasteiger partial charge on any atom is -0.490 e. The quantitative estimate of drug-likeness (QED) is 0.401. The van der Waals surface area contributed by atoms with Gasteiger partial charge in [0, 0.05) is 63.6 Å². The Balaban J connectivity index is 1.64. The number of rotatable bonds is 9. The number of fused-ring (bicyclic) bond motifs is 1. The van der Waals surface area contributed by atoms with Crippen molar-refractivity contribution in [1.29, 1.82) is 0 Å². The van der Waals surface area contributed by atoms with Gasteiger partial charge < -0.3 is 25.0 Å². The lowest BCUT2D eigenvalue weighted by Gasteiger charge is -2.33. The third-order valence-corrected chi connectivity index (χ3v) is 7.06. The van der Waals surface area contributed by atoms with Gasteiger partial charge in [0.2, 0.25) is 5.91 Å². The second-order valence-corrected chi connectivity index (χ2v) is 10.6. The van der Waals surface area contributed by atoms with Gasteiger partial charge in [-0.3, -0.25) is 14.5 Å². The van der Waals surface area contributed by atoms with Gasteiger partial charge in [-0.25, -0.2) is 14.4 Å². The smallest absolute Gasteiger partial charge is 0.251 e. The number of halogens is 2. The zero-order valence-electron chi connectivity index (χ0n) is 23.0. The van der Waals surface area contributed by atoms with Gasteiger partial charge in [-0.1, -0.05) is 17.7 Å². The number of hydrogen-bond acceptors (Lipinski definition) is 8. The van der Waals surface area contributed by atoms with Crippen LogP contribution in [0.4, 0.5) is 15.9 Å². The molecule has 0 aliphatic carbocycles. The Morgan fingerprint density at radius 1 is 1.23 bits per heavy atom. The second kappa shape index (κ2) is 12.8. The van der Waals surface area contributed by atoms with E-state index in [2.05, 4.69) is 15.3 Å². The van der Waals surface area contributed by atoms with Crippen LogP contribution in [-0.2, 0) is 16.1 Å². The second-order valence-electron chi connectivity index (χ2n) is 10.2. The summed E-state index contributed by atoms with van der Waals surface area (Å²) in [7, 11) is 5.26. The summed E-state index contributed by atoms with van der Waals surface area (Å²) in [5, 5.41) is 13.3. The molecule has 0 spiro atoms. The highest BCUT2D eigenvalue weighted by Gasteiger charge is 2.27. The molecule has 0 bridgehead atoms. The highest BCUT2D eigenvalue weighted by atomic mass is 35.5. The molecule has 214 valence electrons. The first-order valence-electron chi connectivity index (χ1n) is 13.0. The predicted molar refractivity (Wildman–Crippen MR) is 151 cm³/mol. The van der Waals surface area contributed by atoms with E-state index in [4.69, 9.17) is 16.3 Å². The summed E-state index contributed by atoms with van der Waals surface area (Å²) < 4.78 is 21.1. The van der Waals surface area contributed by atoms with Crippen molar-refractivity contribution in [2.45, 2.75) is 38.5 Å². The topological polar surface area (TPSA) is 111 Å². The lowest BCUT2D eigenvalue weighted by Crippen LogP contribution is -2.45. The van der Waals surface area contributed by atoms with Crippen molar-refractivity contribution in [3.05, 3.63) is 53.1 Å². The molecule has 1 aliphatic heterocycles. The van der Waals surface area contributed by atoms with Crippen LogP contribution >= 0.6 is 11.6 Å². The van der Waals surface area contributed by atoms with E-state index in [-0.39, 0.29) is 35.2 Å². The summed E-state index contributed by atoms with van der Waals surface area (Å²) in [6, 6.07) is 8.39. The number of aliphatic hydroxyl groups is 1. The van der Waals surface area contributed by atoms with E-state index in [0.717, 1.165) is 5.56 Å². The van der Waals surface area contributed by atoms with Crippen molar-refractivity contribution in [1.82, 2.24) is 24.7 Å². The molecule has 40 heavy (non-hydrogen) atoms. The van der Waals surface area contributed by atoms with Crippen LogP contribution < -0.4 is 10.1 Å². The van der Waals surface area contributed by atoms with Crippen LogP contribution in [0.5, 0.6) is 5.75 Å². The fraction of sp³-hybridized carbons (Fsp3) is 0.429. The maximum atomic E-state index is 14.6. The van der Waals surface area contributed by atoms with Crippen LogP contribution in [0.2, 0.25) is 5.02 Å². The standard InChI is InChI=1S/C28H34ClFN6O4/c1-17(37)28(39)36-10-8-19(9-11-36)40-24-13-23-20(12-18(24)14-35(4)15-25(38)34(2)3)27(32-16-31-23)33-22-7-5-6-21(29)26(22)30/h5-7,12-13,16-17,19,37H,8-11,14-15H2,1-4H3,(H,31,32,33)/t17-/m0/s1. The number of aromatic nitrogens is 2. The van der Waals surface area contributed by atoms with Crippen molar-refractivity contribution in [3.8, 4) is 5.75 Å². The molecular formula is C28H34ClFN6O4. The fourth-order valence-corrected chi connectivity index (χ4v) is 4.72. The number of aliphatic hydroxyl groups excluding tert-OH is 1. The number of carbonyl (C=O) groups excluding carboxylic acids is 2. The first-order valence-corrected chi connectivity index (χ1v) is 13.4. The number of ether oxygens (including phenoxy) is 1. The molecule has 10 nitrogen and oxygen atoms in total. The summed E-state index contributed by atoms with van der Waals surface area (Å²) in [5.74, 6) is 0.0952. The Labute approximate surface area is 237 Å². The molecule has 1 aliphatic rings. The molecule has 2 aromatic carbocycles. The first-order chi connectivity index (χ1) is 19.0. The molecule has 1 fully saturated rings. The highest BCUT2D eigenvalue weighted by Crippen LogP contribution is 2.33. The zero-order valence-corrected chi connectivity index (χ0v) is 23.8. The van der Waals surface area contributed by atoms with E-state index in [1.807, 2.05) is 24.1 Å². The number of hydrogen-bond donors (Lipinski definition) is 2. The summed E-state index contributed by atoms with van der Waals surface area (Å²) in [6.45, 7) is 3.03. The number of likely N-dealkylation sites (N-methyl/N-ethyl adjacent to an activating group) is 2. The molecule has 1 atom stereocenters. The molecule has 1 saturated heterocycles. The van der Waals surface area contributed by atoms with Gasteiger partial charge in [0.25, 0.3) is 5.91 Å². The van der Waals surface area contributed by atoms with Crippen molar-refractivity contribution in [2.24, 2.45) is 0 Å². The first kappa shape index (κ1) is 29.4. The van der Waals surface area contributed by atoms with Crippen molar-refractivity contribution in [2.75, 3.05) is 46.1 Å². The lowest BCUT2D eigenvalue weighted by molar-refractivity contribution is -0.141. The monoisotopic (exact) mass is 572 g/mol. The molecule has 1 aromatic heterocycles. The van der Waals surface area contributed by atoms with Crippen molar-refractivity contribution < 1.29 is 23.8 Å². The number of carbonyl (C=O) groups is 2. The summed E-state index contributed by atoms with van der Waals surface area (Å²) in [5.41, 5.74) is 1.57. The number of piperidine rings is 1. The molecule has 0 unspecified atom stereocenters. The van der Waals surface area contributed by atoms with Crippen LogP contribution in [-0.4, -0.2) is 94.6 Å². The maximum Gasteiger partial charge on any atom is 0.251 e. The number of amides is 2. The molecule has 2 amide bonds. The fourth-order valence-electron chi connectivity index (χ4n) is 4.55. The Kier molecular flexibility index (Phi) is 9.39. The van der Waals surface area contributed by atoms with Gasteiger partial charge in [0.15, 0.2) is 5.82 Å². The van der Waals surface area contributed by atoms with Crippen LogP contribution in [0.3, 0.4) is 0 Å². The van der Waals surface area contributed by atoms with Crippen LogP contribution in [0.15, 0.2) is 36.7 Å². The minimum absolute atomic E-state index is 0.00638. The largest absolute Gasteiger partial charge is 0.490 e. The van der Waals surface area contributed by atoms with Crippen LogP contribution in [0, 0.1) is 5.82 Å². The van der Waals surface area contributed by atoms with E-state index in [1.165, 1.54) is 24.2 Å². The molecule has 3 aromatic rings. The van der Waals surface area contributed by atoms with Gasteiger partial charge >= 0.3 is 0 Å². The summed E-state index contributed by atoms with van der Waals surface area (Å²) in [6.07, 6.45) is 1.42. The number of benzene rings is 2. The molecule has 2 N–H and O–H groups in total. The van der Waals surface area contributed by atoms with Crippen molar-refractivity contribution in [3.63, 3.8) is 0 Å². The third-order valence-electron chi connectivity index (χ3n) is 6.77. The summed E-state index contributed by atoms with van der Waals surface area (Å²) >= 11 is 5.96. The van der Waals surface area contributed by atoms with E-state index in [9.17, 15) is 19.1 Å². The Morgan fingerprint density at radius 2 is 1.95 bits per heavy atom. The van der Waals surface area contributed by atoms with E-state index >= 15 is 0 Å². The third kappa shape index (κ3) is 6.96. The predicted octanol–water partition coefficient (Wildman–Crippen LogP) is 3.44. The Bertz CT molecular complexity index is 1380. The molecule has 0 saturated carbocycles. The number of nitrogens with one attached hydrogen (secondary N) is 1. The van der Waals surface area contributed by atoms with Gasteiger partial charge in [-0.15, -0.1) is 0 Å². The van der Waals surface area contributed by atoms with Gasteiger partial charge in [-0.05, 0) is 32.2 Å². The number of nitrogens with zero attached hydrogens (tertiary/aromatic N) is 5. The zero-order chi connectivity index (χ0) is 29.0. The Morgan fingerprint density at radius 3 is 2.62 bits per heavy atom. The van der Waals surface area contributed by atoms with Crippen LogP contribution in [0.1, 0.15) is 25.3 Å². The van der Waals surface area contributed by atoms with E-state index in [1.54, 1.807) is 31.1 Å². The SMILES string of the molecule is C[C@H](O)C(=O)N1CCC(Oc2cc3ncnc(Nc4cccc(Cl)c4F)c3cc2CN(C)CC(=O)N(C)C)CC1.